The molecule has 21 heavy (non-hydrogen) atoms. The summed E-state index contributed by atoms with van der Waals surface area (Å²) in [5.41, 5.74) is 1.06. The molecule has 3 aromatic rings. The van der Waals surface area contributed by atoms with Crippen molar-refractivity contribution < 1.29 is 17.2 Å². The summed E-state index contributed by atoms with van der Waals surface area (Å²) in [7, 11) is -4.34. The Morgan fingerprint density at radius 3 is 2.43 bits per heavy atom. The summed E-state index contributed by atoms with van der Waals surface area (Å²) >= 11 is 0. The van der Waals surface area contributed by atoms with Crippen LogP contribution in [-0.2, 0) is 10.0 Å². The first-order chi connectivity index (χ1) is 9.97. The second kappa shape index (κ2) is 4.85. The van der Waals surface area contributed by atoms with Gasteiger partial charge in [-0.15, -0.1) is 0 Å². The quantitative estimate of drug-likeness (QED) is 0.780. The Morgan fingerprint density at radius 2 is 1.71 bits per heavy atom. The van der Waals surface area contributed by atoms with Gasteiger partial charge in [-0.05, 0) is 36.4 Å². The molecule has 0 bridgehead atoms. The predicted molar refractivity (Wildman–Crippen MR) is 75.5 cm³/mol. The van der Waals surface area contributed by atoms with Crippen LogP contribution in [0.15, 0.2) is 53.6 Å². The number of fused-ring (bicyclic) bond motifs is 1. The van der Waals surface area contributed by atoms with E-state index in [4.69, 9.17) is 0 Å². The zero-order chi connectivity index (χ0) is 15.0. The van der Waals surface area contributed by atoms with Crippen LogP contribution in [0.25, 0.3) is 10.9 Å². The molecule has 0 atom stereocenters. The summed E-state index contributed by atoms with van der Waals surface area (Å²) < 4.78 is 53.6. The fraction of sp³-hybridized carbons (Fsp3) is 0. The van der Waals surface area contributed by atoms with E-state index in [-0.39, 0.29) is 5.69 Å². The van der Waals surface area contributed by atoms with Crippen LogP contribution in [0.4, 0.5) is 14.5 Å². The highest BCUT2D eigenvalue weighted by molar-refractivity contribution is 7.92. The van der Waals surface area contributed by atoms with Crippen molar-refractivity contribution in [1.82, 2.24) is 4.98 Å². The van der Waals surface area contributed by atoms with Gasteiger partial charge in [0, 0.05) is 22.8 Å². The van der Waals surface area contributed by atoms with Crippen molar-refractivity contribution >= 4 is 26.6 Å². The molecule has 0 aliphatic heterocycles. The zero-order valence-corrected chi connectivity index (χ0v) is 11.4. The number of hydrogen-bond acceptors (Lipinski definition) is 2. The molecule has 0 unspecified atom stereocenters. The van der Waals surface area contributed by atoms with E-state index < -0.39 is 26.6 Å². The van der Waals surface area contributed by atoms with Crippen LogP contribution in [-0.4, -0.2) is 13.4 Å². The van der Waals surface area contributed by atoms with Crippen molar-refractivity contribution in [3.8, 4) is 0 Å². The summed E-state index contributed by atoms with van der Waals surface area (Å²) in [6.07, 6.45) is 1.71. The van der Waals surface area contributed by atoms with E-state index in [1.807, 2.05) is 0 Å². The maximum absolute atomic E-state index is 13.6. The molecule has 7 heteroatoms. The van der Waals surface area contributed by atoms with E-state index in [9.17, 15) is 17.2 Å². The van der Waals surface area contributed by atoms with Gasteiger partial charge in [0.15, 0.2) is 4.90 Å². The normalized spacial score (nSPS) is 11.7. The predicted octanol–water partition coefficient (Wildman–Crippen LogP) is 3.25. The van der Waals surface area contributed by atoms with Gasteiger partial charge in [-0.3, -0.25) is 4.72 Å². The Kier molecular flexibility index (Phi) is 3.13. The molecule has 0 radical (unpaired) electrons. The largest absolute Gasteiger partial charge is 0.361 e. The van der Waals surface area contributed by atoms with Crippen LogP contribution < -0.4 is 4.72 Å². The highest BCUT2D eigenvalue weighted by atomic mass is 32.2. The average molecular weight is 308 g/mol. The second-order valence-corrected chi connectivity index (χ2v) is 6.06. The molecule has 108 valence electrons. The smallest absolute Gasteiger partial charge is 0.267 e. The number of aromatic amines is 1. The highest BCUT2D eigenvalue weighted by Crippen LogP contribution is 2.24. The number of anilines is 1. The molecule has 1 heterocycles. The molecule has 2 aromatic carbocycles. The Labute approximate surface area is 119 Å². The van der Waals surface area contributed by atoms with Gasteiger partial charge < -0.3 is 4.98 Å². The molecule has 0 aliphatic carbocycles. The first-order valence-corrected chi connectivity index (χ1v) is 7.50. The number of halogens is 2. The molecule has 4 nitrogen and oxygen atoms in total. The second-order valence-electron chi connectivity index (χ2n) is 4.44. The molecule has 0 amide bonds. The first-order valence-electron chi connectivity index (χ1n) is 6.01. The molecule has 0 aliphatic rings. The molecule has 0 saturated carbocycles. The minimum absolute atomic E-state index is 0.227. The SMILES string of the molecule is O=S(=O)(Nc1ccc2[nH]ccc2c1)c1c(F)cccc1F. The van der Waals surface area contributed by atoms with E-state index in [0.29, 0.717) is 0 Å². The van der Waals surface area contributed by atoms with Crippen molar-refractivity contribution in [3.63, 3.8) is 0 Å². The first kappa shape index (κ1) is 13.6. The lowest BCUT2D eigenvalue weighted by atomic mass is 10.2. The van der Waals surface area contributed by atoms with Crippen LogP contribution in [0.5, 0.6) is 0 Å². The van der Waals surface area contributed by atoms with E-state index in [1.165, 1.54) is 6.07 Å². The van der Waals surface area contributed by atoms with Gasteiger partial charge >= 0.3 is 0 Å². The lowest BCUT2D eigenvalue weighted by molar-refractivity contribution is 0.521. The number of H-pyrrole nitrogens is 1. The number of sulfonamides is 1. The number of hydrogen-bond donors (Lipinski definition) is 2. The zero-order valence-electron chi connectivity index (χ0n) is 10.6. The molecule has 2 N–H and O–H groups in total. The van der Waals surface area contributed by atoms with Crippen LogP contribution in [0, 0.1) is 11.6 Å². The number of rotatable bonds is 3. The minimum atomic E-state index is -4.34. The Bertz CT molecular complexity index is 899. The van der Waals surface area contributed by atoms with Gasteiger partial charge in [-0.1, -0.05) is 6.07 Å². The van der Waals surface area contributed by atoms with E-state index >= 15 is 0 Å². The molecular formula is C14H10F2N2O2S. The van der Waals surface area contributed by atoms with Gasteiger partial charge in [0.2, 0.25) is 0 Å². The van der Waals surface area contributed by atoms with Crippen molar-refractivity contribution in [3.05, 3.63) is 60.3 Å². The van der Waals surface area contributed by atoms with Crippen molar-refractivity contribution in [2.45, 2.75) is 4.90 Å². The summed E-state index contributed by atoms with van der Waals surface area (Å²) in [6.45, 7) is 0. The molecule has 0 fully saturated rings. The van der Waals surface area contributed by atoms with Crippen LogP contribution in [0.3, 0.4) is 0 Å². The molecular weight excluding hydrogens is 298 g/mol. The fourth-order valence-electron chi connectivity index (χ4n) is 2.06. The standard InChI is InChI=1S/C14H10F2N2O2S/c15-11-2-1-3-12(16)14(11)21(19,20)18-10-4-5-13-9(8-10)6-7-17-13/h1-8,17-18H. The number of benzene rings is 2. The molecule has 1 aromatic heterocycles. The van der Waals surface area contributed by atoms with Crippen LogP contribution in [0.1, 0.15) is 0 Å². The number of aromatic nitrogens is 1. The van der Waals surface area contributed by atoms with E-state index in [2.05, 4.69) is 9.71 Å². The van der Waals surface area contributed by atoms with Gasteiger partial charge in [-0.25, -0.2) is 17.2 Å². The Hall–Kier alpha value is -2.41. The summed E-state index contributed by atoms with van der Waals surface area (Å²) in [5, 5.41) is 0.782. The van der Waals surface area contributed by atoms with E-state index in [1.54, 1.807) is 24.4 Å². The third-order valence-electron chi connectivity index (χ3n) is 2.99. The Balaban J connectivity index is 2.03. The summed E-state index contributed by atoms with van der Waals surface area (Å²) in [4.78, 5) is 1.98. The maximum Gasteiger partial charge on any atom is 0.267 e. The van der Waals surface area contributed by atoms with Crippen molar-refractivity contribution in [2.75, 3.05) is 4.72 Å². The highest BCUT2D eigenvalue weighted by Gasteiger charge is 2.23. The van der Waals surface area contributed by atoms with Crippen molar-refractivity contribution in [2.24, 2.45) is 0 Å². The molecule has 0 saturated heterocycles. The van der Waals surface area contributed by atoms with Crippen LogP contribution in [0.2, 0.25) is 0 Å². The maximum atomic E-state index is 13.6. The topological polar surface area (TPSA) is 62.0 Å². The third-order valence-corrected chi connectivity index (χ3v) is 4.43. The molecule has 3 rings (SSSR count). The fourth-order valence-corrected chi connectivity index (χ4v) is 3.25. The monoisotopic (exact) mass is 308 g/mol. The lowest BCUT2D eigenvalue weighted by Gasteiger charge is -2.09. The van der Waals surface area contributed by atoms with Gasteiger partial charge in [0.25, 0.3) is 10.0 Å². The van der Waals surface area contributed by atoms with E-state index in [0.717, 1.165) is 29.1 Å². The average Bonchev–Trinajstić information content (AvgIpc) is 2.85. The van der Waals surface area contributed by atoms with Crippen molar-refractivity contribution in [1.29, 1.82) is 0 Å². The van der Waals surface area contributed by atoms with Gasteiger partial charge in [-0.2, -0.15) is 0 Å². The van der Waals surface area contributed by atoms with Gasteiger partial charge in [0.1, 0.15) is 11.6 Å². The third kappa shape index (κ3) is 2.47. The molecule has 0 spiro atoms. The lowest BCUT2D eigenvalue weighted by Crippen LogP contribution is -2.16. The minimum Gasteiger partial charge on any atom is -0.361 e. The number of nitrogens with one attached hydrogen (secondary N) is 2. The Morgan fingerprint density at radius 1 is 1.00 bits per heavy atom. The van der Waals surface area contributed by atoms with Gasteiger partial charge in [0.05, 0.1) is 0 Å². The summed E-state index contributed by atoms with van der Waals surface area (Å²) in [5.74, 6) is -2.27. The summed E-state index contributed by atoms with van der Waals surface area (Å²) in [6, 6.07) is 9.41. The van der Waals surface area contributed by atoms with Crippen LogP contribution >= 0.6 is 0 Å².